The fraction of sp³-hybridized carbons (Fsp3) is 0.250. The molecule has 0 radical (unpaired) electrons. The van der Waals surface area contributed by atoms with Crippen LogP contribution in [0.5, 0.6) is 0 Å². The minimum atomic E-state index is -3.82. The first-order valence-electron chi connectivity index (χ1n) is 10.7. The second kappa shape index (κ2) is 9.60. The van der Waals surface area contributed by atoms with Gasteiger partial charge in [0, 0.05) is 54.3 Å². The largest absolute Gasteiger partial charge is 0.353 e. The van der Waals surface area contributed by atoms with Crippen molar-refractivity contribution >= 4 is 43.9 Å². The highest BCUT2D eigenvalue weighted by molar-refractivity contribution is 7.89. The molecule has 2 heterocycles. The Kier molecular flexibility index (Phi) is 7.04. The van der Waals surface area contributed by atoms with E-state index < -0.39 is 10.0 Å². The second-order valence-electron chi connectivity index (χ2n) is 7.54. The number of nitrogens with one attached hydrogen (secondary N) is 1. The van der Waals surface area contributed by atoms with Crippen molar-refractivity contribution in [1.29, 1.82) is 0 Å². The molecule has 4 rings (SSSR count). The van der Waals surface area contributed by atoms with Crippen molar-refractivity contribution in [3.8, 4) is 0 Å². The molecule has 0 unspecified atom stereocenters. The lowest BCUT2D eigenvalue weighted by atomic mass is 10.1. The first-order valence-corrected chi connectivity index (χ1v) is 12.2. The summed E-state index contributed by atoms with van der Waals surface area (Å²) in [6.45, 7) is 7.79. The molecule has 8 nitrogen and oxygen atoms in total. The first-order chi connectivity index (χ1) is 15.6. The number of fused-ring (bicyclic) bond motifs is 1. The summed E-state index contributed by atoms with van der Waals surface area (Å²) < 4.78 is 25.7. The molecule has 0 saturated heterocycles. The van der Waals surface area contributed by atoms with Crippen LogP contribution in [0, 0.1) is 13.8 Å². The van der Waals surface area contributed by atoms with E-state index in [-0.39, 0.29) is 4.90 Å². The Balaban J connectivity index is 0.00000149. The Labute approximate surface area is 195 Å². The van der Waals surface area contributed by atoms with E-state index in [1.165, 1.54) is 17.1 Å². The zero-order valence-corrected chi connectivity index (χ0v) is 20.6. The predicted molar refractivity (Wildman–Crippen MR) is 135 cm³/mol. The van der Waals surface area contributed by atoms with Crippen molar-refractivity contribution in [1.82, 2.24) is 14.5 Å². The van der Waals surface area contributed by atoms with Crippen molar-refractivity contribution in [3.63, 3.8) is 0 Å². The number of anilines is 4. The Hall–Kier alpha value is -3.43. The van der Waals surface area contributed by atoms with Gasteiger partial charge >= 0.3 is 0 Å². The van der Waals surface area contributed by atoms with Gasteiger partial charge in [0.25, 0.3) is 0 Å². The number of aryl methyl sites for hydroxylation is 3. The fourth-order valence-electron chi connectivity index (χ4n) is 3.53. The predicted octanol–water partition coefficient (Wildman–Crippen LogP) is 4.77. The minimum Gasteiger partial charge on any atom is -0.353 e. The highest BCUT2D eigenvalue weighted by atomic mass is 32.2. The molecule has 2 aromatic heterocycles. The van der Waals surface area contributed by atoms with Gasteiger partial charge in [0.15, 0.2) is 0 Å². The molecular weight excluding hydrogens is 436 g/mol. The number of nitrogens with zero attached hydrogens (tertiary/aromatic N) is 4. The normalized spacial score (nSPS) is 11.1. The van der Waals surface area contributed by atoms with Crippen LogP contribution in [0.25, 0.3) is 10.8 Å². The Morgan fingerprint density at radius 2 is 1.79 bits per heavy atom. The fourth-order valence-corrected chi connectivity index (χ4v) is 4.34. The molecule has 3 N–H and O–H groups in total. The molecule has 0 fully saturated rings. The smallest absolute Gasteiger partial charge is 0.238 e. The number of primary sulfonamides is 1. The molecule has 0 atom stereocenters. The van der Waals surface area contributed by atoms with Crippen molar-refractivity contribution in [2.45, 2.75) is 32.6 Å². The van der Waals surface area contributed by atoms with Crippen LogP contribution in [-0.4, -0.2) is 30.0 Å². The third-order valence-corrected chi connectivity index (χ3v) is 6.46. The van der Waals surface area contributed by atoms with Gasteiger partial charge in [-0.25, -0.2) is 18.5 Å². The average molecular weight is 467 g/mol. The molecule has 0 aliphatic rings. The maximum atomic E-state index is 11.8. The first kappa shape index (κ1) is 24.2. The maximum absolute atomic E-state index is 11.8. The molecule has 0 aliphatic carbocycles. The van der Waals surface area contributed by atoms with Crippen LogP contribution in [0.4, 0.5) is 23.1 Å². The van der Waals surface area contributed by atoms with Crippen LogP contribution in [-0.2, 0) is 17.1 Å². The van der Waals surface area contributed by atoms with Crippen LogP contribution in [0.15, 0.2) is 59.8 Å². The van der Waals surface area contributed by atoms with E-state index in [2.05, 4.69) is 51.2 Å². The van der Waals surface area contributed by atoms with Gasteiger partial charge in [-0.2, -0.15) is 4.98 Å². The van der Waals surface area contributed by atoms with Crippen molar-refractivity contribution in [2.24, 2.45) is 12.2 Å². The highest BCUT2D eigenvalue weighted by Crippen LogP contribution is 2.29. The number of rotatable bonds is 5. The molecule has 9 heteroatoms. The standard InChI is InChI=1S/C22H24N6O2S.C2H6/c1-14-5-6-17(12-20(14)31(23,29)30)25-22-24-10-9-21(26-22)28(4)18-7-8-19-15(2)27(3)13-16(19)11-18;1-2/h5-13H,1-4H3,(H2,23,29,30)(H,24,25,26);1-2H3. The summed E-state index contributed by atoms with van der Waals surface area (Å²) in [6.07, 6.45) is 3.76. The number of hydrogen-bond donors (Lipinski definition) is 2. The highest BCUT2D eigenvalue weighted by Gasteiger charge is 2.14. The van der Waals surface area contributed by atoms with E-state index in [0.29, 0.717) is 23.0 Å². The molecule has 33 heavy (non-hydrogen) atoms. The van der Waals surface area contributed by atoms with Crippen LogP contribution >= 0.6 is 0 Å². The molecule has 0 aliphatic heterocycles. The van der Waals surface area contributed by atoms with E-state index in [1.54, 1.807) is 25.3 Å². The van der Waals surface area contributed by atoms with E-state index in [1.807, 2.05) is 38.9 Å². The molecule has 2 aromatic carbocycles. The lowest BCUT2D eigenvalue weighted by Crippen LogP contribution is -2.14. The average Bonchev–Trinajstić information content (AvgIpc) is 3.08. The number of sulfonamides is 1. The van der Waals surface area contributed by atoms with E-state index in [0.717, 1.165) is 11.1 Å². The number of aromatic nitrogens is 3. The lowest BCUT2D eigenvalue weighted by molar-refractivity contribution is 0.597. The zero-order valence-electron chi connectivity index (χ0n) is 19.8. The van der Waals surface area contributed by atoms with Crippen LogP contribution < -0.4 is 15.4 Å². The van der Waals surface area contributed by atoms with Gasteiger partial charge in [-0.05, 0) is 49.7 Å². The van der Waals surface area contributed by atoms with E-state index in [9.17, 15) is 8.42 Å². The zero-order chi connectivity index (χ0) is 24.3. The summed E-state index contributed by atoms with van der Waals surface area (Å²) >= 11 is 0. The van der Waals surface area contributed by atoms with Crippen molar-refractivity contribution < 1.29 is 8.42 Å². The third kappa shape index (κ3) is 5.15. The molecule has 174 valence electrons. The Morgan fingerprint density at radius 1 is 1.06 bits per heavy atom. The SMILES string of the molecule is CC.Cc1ccc(Nc2nccc(N(C)c3ccc4c(C)n(C)cc4c3)n2)cc1S(N)(=O)=O. The van der Waals surface area contributed by atoms with Gasteiger partial charge in [0.05, 0.1) is 4.90 Å². The summed E-state index contributed by atoms with van der Waals surface area (Å²) in [5.41, 5.74) is 3.33. The molecule has 0 spiro atoms. The minimum absolute atomic E-state index is 0.0669. The molecule has 0 amide bonds. The summed E-state index contributed by atoms with van der Waals surface area (Å²) in [4.78, 5) is 10.9. The quantitative estimate of drug-likeness (QED) is 0.439. The summed E-state index contributed by atoms with van der Waals surface area (Å²) in [5, 5.41) is 10.7. The topological polar surface area (TPSA) is 106 Å². The molecule has 0 bridgehead atoms. The summed E-state index contributed by atoms with van der Waals surface area (Å²) in [7, 11) is 0.158. The van der Waals surface area contributed by atoms with Gasteiger partial charge in [0.1, 0.15) is 5.82 Å². The Morgan fingerprint density at radius 3 is 2.48 bits per heavy atom. The Bertz CT molecular complexity index is 1400. The van der Waals surface area contributed by atoms with E-state index >= 15 is 0 Å². The number of hydrogen-bond acceptors (Lipinski definition) is 6. The van der Waals surface area contributed by atoms with E-state index in [4.69, 9.17) is 5.14 Å². The summed E-state index contributed by atoms with van der Waals surface area (Å²) in [6, 6.07) is 13.0. The van der Waals surface area contributed by atoms with Crippen LogP contribution in [0.3, 0.4) is 0 Å². The molecule has 0 saturated carbocycles. The van der Waals surface area contributed by atoms with Gasteiger partial charge in [0.2, 0.25) is 16.0 Å². The number of benzene rings is 2. The van der Waals surface area contributed by atoms with Crippen LogP contribution in [0.1, 0.15) is 25.1 Å². The monoisotopic (exact) mass is 466 g/mol. The van der Waals surface area contributed by atoms with Crippen molar-refractivity contribution in [3.05, 3.63) is 66.1 Å². The molecule has 4 aromatic rings. The van der Waals surface area contributed by atoms with Gasteiger partial charge in [-0.1, -0.05) is 26.0 Å². The van der Waals surface area contributed by atoms with Gasteiger partial charge in [-0.3, -0.25) is 0 Å². The summed E-state index contributed by atoms with van der Waals surface area (Å²) in [5.74, 6) is 1.05. The van der Waals surface area contributed by atoms with Crippen molar-refractivity contribution in [2.75, 3.05) is 17.3 Å². The molecular formula is C24H30N6O2S. The maximum Gasteiger partial charge on any atom is 0.238 e. The van der Waals surface area contributed by atoms with Gasteiger partial charge in [-0.15, -0.1) is 0 Å². The number of nitrogens with two attached hydrogens (primary N) is 1. The lowest BCUT2D eigenvalue weighted by Gasteiger charge is -2.19. The van der Waals surface area contributed by atoms with Crippen LogP contribution in [0.2, 0.25) is 0 Å². The van der Waals surface area contributed by atoms with Gasteiger partial charge < -0.3 is 14.8 Å². The second-order valence-corrected chi connectivity index (χ2v) is 9.07. The third-order valence-electron chi connectivity index (χ3n) is 5.41.